The second kappa shape index (κ2) is 8.25. The summed E-state index contributed by atoms with van der Waals surface area (Å²) in [4.78, 5) is 38.7. The fraction of sp³-hybridized carbons (Fsp3) is 0.650. The van der Waals surface area contributed by atoms with Gasteiger partial charge in [0, 0.05) is 58.6 Å². The maximum absolute atomic E-state index is 13.1. The normalized spacial score (nSPS) is 19.3. The van der Waals surface area contributed by atoms with Crippen LogP contribution in [0, 0.1) is 5.41 Å². The maximum atomic E-state index is 13.1. The molecule has 0 bridgehead atoms. The molecule has 148 valence electrons. The van der Waals surface area contributed by atoms with Crippen LogP contribution in [0.15, 0.2) is 24.4 Å². The second-order valence-corrected chi connectivity index (χ2v) is 7.82. The highest BCUT2D eigenvalue weighted by Gasteiger charge is 2.42. The van der Waals surface area contributed by atoms with Crippen molar-refractivity contribution in [1.29, 1.82) is 0 Å². The van der Waals surface area contributed by atoms with Gasteiger partial charge in [-0.1, -0.05) is 13.0 Å². The van der Waals surface area contributed by atoms with Gasteiger partial charge in [-0.3, -0.25) is 9.59 Å². The predicted molar refractivity (Wildman–Crippen MR) is 106 cm³/mol. The molecule has 3 rings (SSSR count). The first-order chi connectivity index (χ1) is 12.9. The summed E-state index contributed by atoms with van der Waals surface area (Å²) in [7, 11) is 0. The lowest BCUT2D eigenvalue weighted by atomic mass is 9.89. The van der Waals surface area contributed by atoms with E-state index in [0.29, 0.717) is 26.2 Å². The Morgan fingerprint density at radius 3 is 1.96 bits per heavy atom. The summed E-state index contributed by atoms with van der Waals surface area (Å²) in [6, 6.07) is 5.86. The first kappa shape index (κ1) is 19.6. The van der Waals surface area contributed by atoms with E-state index in [1.807, 2.05) is 28.0 Å². The van der Waals surface area contributed by atoms with E-state index in [2.05, 4.69) is 21.7 Å². The van der Waals surface area contributed by atoms with Crippen molar-refractivity contribution < 1.29 is 9.59 Å². The van der Waals surface area contributed by atoms with Crippen molar-refractivity contribution in [2.45, 2.75) is 20.8 Å². The molecule has 2 aliphatic heterocycles. The third-order valence-electron chi connectivity index (χ3n) is 5.72. The number of rotatable bonds is 4. The third kappa shape index (κ3) is 4.24. The Morgan fingerprint density at radius 2 is 1.48 bits per heavy atom. The fourth-order valence-electron chi connectivity index (χ4n) is 3.83. The summed E-state index contributed by atoms with van der Waals surface area (Å²) in [6.45, 7) is 12.6. The molecular weight excluding hydrogens is 342 g/mol. The summed E-state index contributed by atoms with van der Waals surface area (Å²) in [5.41, 5.74) is -1.01. The van der Waals surface area contributed by atoms with E-state index in [9.17, 15) is 9.59 Å². The zero-order chi connectivity index (χ0) is 19.4. The van der Waals surface area contributed by atoms with Gasteiger partial charge >= 0.3 is 0 Å². The molecule has 2 amide bonds. The van der Waals surface area contributed by atoms with Crippen LogP contribution in [0.3, 0.4) is 0 Å². The molecule has 0 unspecified atom stereocenters. The van der Waals surface area contributed by atoms with Crippen LogP contribution in [-0.2, 0) is 9.59 Å². The van der Waals surface area contributed by atoms with Gasteiger partial charge in [0.1, 0.15) is 11.2 Å². The fourth-order valence-corrected chi connectivity index (χ4v) is 3.83. The highest BCUT2D eigenvalue weighted by Crippen LogP contribution is 2.25. The number of carbonyl (C=O) groups excluding carboxylic acids is 2. The van der Waals surface area contributed by atoms with Gasteiger partial charge in [-0.25, -0.2) is 4.98 Å². The molecular formula is C20H31N5O2. The molecule has 2 aliphatic rings. The monoisotopic (exact) mass is 373 g/mol. The minimum absolute atomic E-state index is 0.0459. The first-order valence-electron chi connectivity index (χ1n) is 9.90. The second-order valence-electron chi connectivity index (χ2n) is 7.82. The molecule has 0 aliphatic carbocycles. The third-order valence-corrected chi connectivity index (χ3v) is 5.72. The van der Waals surface area contributed by atoms with Crippen LogP contribution in [-0.4, -0.2) is 90.4 Å². The largest absolute Gasteiger partial charge is 0.353 e. The van der Waals surface area contributed by atoms with E-state index in [1.165, 1.54) is 0 Å². The lowest BCUT2D eigenvalue weighted by molar-refractivity contribution is -0.155. The van der Waals surface area contributed by atoms with Crippen molar-refractivity contribution >= 4 is 17.6 Å². The quantitative estimate of drug-likeness (QED) is 0.735. The van der Waals surface area contributed by atoms with Crippen LogP contribution in [0.1, 0.15) is 20.8 Å². The van der Waals surface area contributed by atoms with E-state index in [-0.39, 0.29) is 11.8 Å². The average Bonchev–Trinajstić information content (AvgIpc) is 2.73. The van der Waals surface area contributed by atoms with E-state index in [0.717, 1.165) is 38.5 Å². The minimum atomic E-state index is -1.01. The highest BCUT2D eigenvalue weighted by atomic mass is 16.2. The van der Waals surface area contributed by atoms with Gasteiger partial charge in [-0.05, 0) is 32.5 Å². The number of anilines is 1. The number of carbonyl (C=O) groups is 2. The van der Waals surface area contributed by atoms with E-state index in [4.69, 9.17) is 0 Å². The standard InChI is InChI=1S/C20H31N5O2/c1-4-22-9-11-24(12-10-22)18(26)20(2,3)19(27)25-15-13-23(14-16-25)17-7-5-6-8-21-17/h5-8H,4,9-16H2,1-3H3. The van der Waals surface area contributed by atoms with E-state index < -0.39 is 5.41 Å². The Bertz CT molecular complexity index is 648. The predicted octanol–water partition coefficient (Wildman–Crippen LogP) is 0.921. The summed E-state index contributed by atoms with van der Waals surface area (Å²) in [6.07, 6.45) is 1.78. The van der Waals surface area contributed by atoms with Crippen LogP contribution in [0.25, 0.3) is 0 Å². The number of piperazine rings is 2. The molecule has 7 heteroatoms. The first-order valence-corrected chi connectivity index (χ1v) is 9.90. The average molecular weight is 374 g/mol. The Labute approximate surface area is 161 Å². The Hall–Kier alpha value is -2.15. The molecule has 0 saturated carbocycles. The Morgan fingerprint density at radius 1 is 0.926 bits per heavy atom. The summed E-state index contributed by atoms with van der Waals surface area (Å²) in [5.74, 6) is 0.829. The van der Waals surface area contributed by atoms with Crippen molar-refractivity contribution in [2.24, 2.45) is 5.41 Å². The van der Waals surface area contributed by atoms with Gasteiger partial charge in [0.05, 0.1) is 0 Å². The van der Waals surface area contributed by atoms with Crippen molar-refractivity contribution in [3.8, 4) is 0 Å². The van der Waals surface area contributed by atoms with Crippen molar-refractivity contribution in [2.75, 3.05) is 63.8 Å². The van der Waals surface area contributed by atoms with Crippen LogP contribution in [0.2, 0.25) is 0 Å². The van der Waals surface area contributed by atoms with Crippen molar-refractivity contribution in [3.63, 3.8) is 0 Å². The van der Waals surface area contributed by atoms with E-state index in [1.54, 1.807) is 20.0 Å². The number of aromatic nitrogens is 1. The van der Waals surface area contributed by atoms with Gasteiger partial charge in [0.2, 0.25) is 11.8 Å². The molecule has 2 fully saturated rings. The van der Waals surface area contributed by atoms with E-state index >= 15 is 0 Å². The number of hydrogen-bond acceptors (Lipinski definition) is 5. The van der Waals surface area contributed by atoms with Crippen LogP contribution in [0.4, 0.5) is 5.82 Å². The molecule has 0 aromatic carbocycles. The van der Waals surface area contributed by atoms with Crippen LogP contribution >= 0.6 is 0 Å². The number of nitrogens with zero attached hydrogens (tertiary/aromatic N) is 5. The number of amides is 2. The SMILES string of the molecule is CCN1CCN(C(=O)C(C)(C)C(=O)N2CCN(c3ccccn3)CC2)CC1. The highest BCUT2D eigenvalue weighted by molar-refractivity contribution is 6.04. The molecule has 0 atom stereocenters. The van der Waals surface area contributed by atoms with Crippen LogP contribution < -0.4 is 4.90 Å². The molecule has 1 aromatic rings. The van der Waals surface area contributed by atoms with Gasteiger partial charge in [0.15, 0.2) is 0 Å². The lowest BCUT2D eigenvalue weighted by Gasteiger charge is -2.41. The molecule has 0 spiro atoms. The smallest absolute Gasteiger partial charge is 0.237 e. The number of pyridine rings is 1. The van der Waals surface area contributed by atoms with Gasteiger partial charge < -0.3 is 19.6 Å². The Balaban J connectivity index is 1.57. The van der Waals surface area contributed by atoms with Gasteiger partial charge in [0.25, 0.3) is 0 Å². The molecule has 0 N–H and O–H groups in total. The summed E-state index contributed by atoms with van der Waals surface area (Å²) in [5, 5.41) is 0. The maximum Gasteiger partial charge on any atom is 0.237 e. The molecule has 27 heavy (non-hydrogen) atoms. The van der Waals surface area contributed by atoms with Crippen molar-refractivity contribution in [1.82, 2.24) is 19.7 Å². The minimum Gasteiger partial charge on any atom is -0.353 e. The number of hydrogen-bond donors (Lipinski definition) is 0. The zero-order valence-corrected chi connectivity index (χ0v) is 16.7. The van der Waals surface area contributed by atoms with Gasteiger partial charge in [-0.2, -0.15) is 0 Å². The lowest BCUT2D eigenvalue weighted by Crippen LogP contribution is -2.58. The molecule has 3 heterocycles. The number of likely N-dealkylation sites (N-methyl/N-ethyl adjacent to an activating group) is 1. The molecule has 1 aromatic heterocycles. The zero-order valence-electron chi connectivity index (χ0n) is 16.7. The molecule has 0 radical (unpaired) electrons. The van der Waals surface area contributed by atoms with Gasteiger partial charge in [-0.15, -0.1) is 0 Å². The van der Waals surface area contributed by atoms with Crippen molar-refractivity contribution in [3.05, 3.63) is 24.4 Å². The van der Waals surface area contributed by atoms with Crippen LogP contribution in [0.5, 0.6) is 0 Å². The molecule has 2 saturated heterocycles. The summed E-state index contributed by atoms with van der Waals surface area (Å²) < 4.78 is 0. The molecule has 7 nitrogen and oxygen atoms in total. The Kier molecular flexibility index (Phi) is 5.99. The topological polar surface area (TPSA) is 60.0 Å². The summed E-state index contributed by atoms with van der Waals surface area (Å²) >= 11 is 0.